The number of aromatic nitrogens is 2. The maximum Gasteiger partial charge on any atom is 0.325 e. The van der Waals surface area contributed by atoms with Crippen molar-refractivity contribution in [1.82, 2.24) is 19.8 Å². The lowest BCUT2D eigenvalue weighted by Gasteiger charge is -2.38. The summed E-state index contributed by atoms with van der Waals surface area (Å²) < 4.78 is 0. The first-order valence-electron chi connectivity index (χ1n) is 8.34. The minimum atomic E-state index is -0.572. The summed E-state index contributed by atoms with van der Waals surface area (Å²) in [7, 11) is 0. The molecule has 1 saturated heterocycles. The molecule has 1 aliphatic heterocycles. The predicted molar refractivity (Wildman–Crippen MR) is 86.6 cm³/mol. The van der Waals surface area contributed by atoms with Crippen LogP contribution in [0.25, 0.3) is 0 Å². The fourth-order valence-corrected chi connectivity index (χ4v) is 3.19. The van der Waals surface area contributed by atoms with Gasteiger partial charge in [-0.25, -0.2) is 4.79 Å². The number of nitrogens with zero attached hydrogens (tertiary/aromatic N) is 2. The van der Waals surface area contributed by atoms with Gasteiger partial charge in [-0.2, -0.15) is 0 Å². The first-order chi connectivity index (χ1) is 11.5. The summed E-state index contributed by atoms with van der Waals surface area (Å²) in [5.74, 6) is 0.224. The van der Waals surface area contributed by atoms with Crippen LogP contribution in [0.1, 0.15) is 30.5 Å². The van der Waals surface area contributed by atoms with E-state index in [1.165, 1.54) is 0 Å². The quantitative estimate of drug-likeness (QED) is 0.768. The number of aryl methyl sites for hydroxylation is 1. The van der Waals surface area contributed by atoms with E-state index in [0.29, 0.717) is 31.9 Å². The monoisotopic (exact) mass is 334 g/mol. The van der Waals surface area contributed by atoms with E-state index in [0.717, 1.165) is 19.3 Å². The van der Waals surface area contributed by atoms with Gasteiger partial charge in [-0.1, -0.05) is 6.42 Å². The second-order valence-corrected chi connectivity index (χ2v) is 6.52. The van der Waals surface area contributed by atoms with Gasteiger partial charge >= 0.3 is 5.69 Å². The summed E-state index contributed by atoms with van der Waals surface area (Å²) in [6.45, 7) is 3.66. The number of rotatable bonds is 3. The van der Waals surface area contributed by atoms with Crippen LogP contribution in [0.4, 0.5) is 0 Å². The van der Waals surface area contributed by atoms with Gasteiger partial charge in [-0.05, 0) is 19.8 Å². The summed E-state index contributed by atoms with van der Waals surface area (Å²) in [5.41, 5.74) is -0.399. The molecule has 8 heteroatoms. The number of amides is 2. The van der Waals surface area contributed by atoms with Gasteiger partial charge in [0.05, 0.1) is 6.42 Å². The SMILES string of the molecule is Cc1[nH]c(=O)[nH]c(=O)c1CC(=O)N1CCN(C(=O)C2CCC2)CC1. The zero-order valence-electron chi connectivity index (χ0n) is 13.8. The lowest BCUT2D eigenvalue weighted by atomic mass is 9.84. The van der Waals surface area contributed by atoms with Gasteiger partial charge in [-0.15, -0.1) is 0 Å². The number of H-pyrrole nitrogens is 2. The van der Waals surface area contributed by atoms with Crippen LogP contribution in [-0.2, 0) is 16.0 Å². The average molecular weight is 334 g/mol. The van der Waals surface area contributed by atoms with E-state index in [9.17, 15) is 19.2 Å². The highest BCUT2D eigenvalue weighted by atomic mass is 16.2. The number of nitrogens with one attached hydrogen (secondary N) is 2. The molecule has 0 aromatic carbocycles. The van der Waals surface area contributed by atoms with E-state index >= 15 is 0 Å². The van der Waals surface area contributed by atoms with Crippen LogP contribution < -0.4 is 11.2 Å². The molecule has 0 radical (unpaired) electrons. The molecule has 1 aromatic heterocycles. The van der Waals surface area contributed by atoms with Gasteiger partial charge in [-0.3, -0.25) is 19.4 Å². The van der Waals surface area contributed by atoms with Gasteiger partial charge in [0, 0.05) is 43.4 Å². The van der Waals surface area contributed by atoms with Crippen LogP contribution in [0.3, 0.4) is 0 Å². The second kappa shape index (κ2) is 6.62. The van der Waals surface area contributed by atoms with Crippen LogP contribution >= 0.6 is 0 Å². The number of piperazine rings is 1. The molecule has 2 amide bonds. The molecule has 8 nitrogen and oxygen atoms in total. The Balaban J connectivity index is 1.58. The number of carbonyl (C=O) groups is 2. The molecule has 2 heterocycles. The van der Waals surface area contributed by atoms with Crippen LogP contribution in [0.2, 0.25) is 0 Å². The lowest BCUT2D eigenvalue weighted by molar-refractivity contribution is -0.143. The Morgan fingerprint density at radius 1 is 1.04 bits per heavy atom. The zero-order chi connectivity index (χ0) is 17.3. The molecule has 0 atom stereocenters. The van der Waals surface area contributed by atoms with Crippen molar-refractivity contribution >= 4 is 11.8 Å². The van der Waals surface area contributed by atoms with Gasteiger partial charge in [0.15, 0.2) is 0 Å². The van der Waals surface area contributed by atoms with Crippen molar-refractivity contribution < 1.29 is 9.59 Å². The Morgan fingerprint density at radius 3 is 2.21 bits per heavy atom. The molecule has 0 unspecified atom stereocenters. The smallest absolute Gasteiger partial charge is 0.325 e. The van der Waals surface area contributed by atoms with Gasteiger partial charge in [0.25, 0.3) is 5.56 Å². The molecule has 3 rings (SSSR count). The summed E-state index contributed by atoms with van der Waals surface area (Å²) in [6.07, 6.45) is 3.04. The summed E-state index contributed by atoms with van der Waals surface area (Å²) in [4.78, 5) is 55.8. The maximum atomic E-state index is 12.4. The zero-order valence-corrected chi connectivity index (χ0v) is 13.8. The molecule has 24 heavy (non-hydrogen) atoms. The third-order valence-corrected chi connectivity index (χ3v) is 4.98. The Morgan fingerprint density at radius 2 is 1.67 bits per heavy atom. The second-order valence-electron chi connectivity index (χ2n) is 6.52. The fraction of sp³-hybridized carbons (Fsp3) is 0.625. The van der Waals surface area contributed by atoms with E-state index in [1.54, 1.807) is 11.8 Å². The molecule has 1 aliphatic carbocycles. The first-order valence-corrected chi connectivity index (χ1v) is 8.34. The van der Waals surface area contributed by atoms with Crippen molar-refractivity contribution in [2.75, 3.05) is 26.2 Å². The number of hydrogen-bond donors (Lipinski definition) is 2. The summed E-state index contributed by atoms with van der Waals surface area (Å²) in [5, 5.41) is 0. The molecular weight excluding hydrogens is 312 g/mol. The molecule has 1 aromatic rings. The molecule has 2 fully saturated rings. The Hall–Kier alpha value is -2.38. The minimum Gasteiger partial charge on any atom is -0.339 e. The number of hydrogen-bond acceptors (Lipinski definition) is 4. The van der Waals surface area contributed by atoms with E-state index in [1.807, 2.05) is 4.90 Å². The summed E-state index contributed by atoms with van der Waals surface area (Å²) >= 11 is 0. The summed E-state index contributed by atoms with van der Waals surface area (Å²) in [6, 6.07) is 0. The highest BCUT2D eigenvalue weighted by Crippen LogP contribution is 2.28. The highest BCUT2D eigenvalue weighted by Gasteiger charge is 2.32. The van der Waals surface area contributed by atoms with Crippen molar-refractivity contribution in [1.29, 1.82) is 0 Å². The Bertz CT molecular complexity index is 754. The molecule has 2 N–H and O–H groups in total. The van der Waals surface area contributed by atoms with E-state index in [2.05, 4.69) is 9.97 Å². The maximum absolute atomic E-state index is 12.4. The van der Waals surface area contributed by atoms with Gasteiger partial charge < -0.3 is 14.8 Å². The van der Waals surface area contributed by atoms with Crippen LogP contribution in [-0.4, -0.2) is 57.8 Å². The van der Waals surface area contributed by atoms with Crippen molar-refractivity contribution in [2.24, 2.45) is 5.92 Å². The number of aromatic amines is 2. The average Bonchev–Trinajstić information content (AvgIpc) is 2.49. The van der Waals surface area contributed by atoms with Crippen molar-refractivity contribution in [3.8, 4) is 0 Å². The minimum absolute atomic E-state index is 0.0471. The third-order valence-electron chi connectivity index (χ3n) is 4.98. The van der Waals surface area contributed by atoms with Gasteiger partial charge in [0.2, 0.25) is 11.8 Å². The molecule has 0 bridgehead atoms. The van der Waals surface area contributed by atoms with Crippen LogP contribution in [0.15, 0.2) is 9.59 Å². The van der Waals surface area contributed by atoms with E-state index < -0.39 is 11.2 Å². The predicted octanol–water partition coefficient (Wildman–Crippen LogP) is -0.615. The normalized spacial score (nSPS) is 18.4. The van der Waals surface area contributed by atoms with E-state index in [-0.39, 0.29) is 29.7 Å². The third kappa shape index (κ3) is 3.27. The Kier molecular flexibility index (Phi) is 4.55. The molecule has 2 aliphatic rings. The largest absolute Gasteiger partial charge is 0.339 e. The molecule has 1 saturated carbocycles. The standard InChI is InChI=1S/C16H22N4O4/c1-10-12(14(22)18-16(24)17-10)9-13(21)19-5-7-20(8-6-19)15(23)11-3-2-4-11/h11H,2-9H2,1H3,(H2,17,18,22,24). The van der Waals surface area contributed by atoms with Crippen LogP contribution in [0, 0.1) is 12.8 Å². The highest BCUT2D eigenvalue weighted by molar-refractivity contribution is 5.81. The fourth-order valence-electron chi connectivity index (χ4n) is 3.19. The van der Waals surface area contributed by atoms with Gasteiger partial charge in [0.1, 0.15) is 0 Å². The molecule has 130 valence electrons. The lowest BCUT2D eigenvalue weighted by Crippen LogP contribution is -2.53. The Labute approximate surface area is 138 Å². The molecule has 0 spiro atoms. The topological polar surface area (TPSA) is 106 Å². The van der Waals surface area contributed by atoms with Crippen LogP contribution in [0.5, 0.6) is 0 Å². The van der Waals surface area contributed by atoms with Crippen molar-refractivity contribution in [2.45, 2.75) is 32.6 Å². The van der Waals surface area contributed by atoms with Crippen molar-refractivity contribution in [3.05, 3.63) is 32.1 Å². The molecular formula is C16H22N4O4. The van der Waals surface area contributed by atoms with E-state index in [4.69, 9.17) is 0 Å². The first kappa shape index (κ1) is 16.5. The number of carbonyl (C=O) groups excluding carboxylic acids is 2. The van der Waals surface area contributed by atoms with Crippen molar-refractivity contribution in [3.63, 3.8) is 0 Å².